The molecular formula is C18H19F2N3. The number of nitrogens with two attached hydrogens (primary N) is 1. The van der Waals surface area contributed by atoms with Gasteiger partial charge in [-0.2, -0.15) is 0 Å². The first kappa shape index (κ1) is 15.6. The van der Waals surface area contributed by atoms with Crippen molar-refractivity contribution in [3.63, 3.8) is 0 Å². The average Bonchev–Trinajstić information content (AvgIpc) is 2.87. The largest absolute Gasteiger partial charge is 0.326 e. The summed E-state index contributed by atoms with van der Waals surface area (Å²) in [7, 11) is 0. The zero-order chi connectivity index (χ0) is 16.6. The Hall–Kier alpha value is -2.27. The van der Waals surface area contributed by atoms with E-state index >= 15 is 0 Å². The molecule has 3 nitrogen and oxygen atoms in total. The minimum absolute atomic E-state index is 0.150. The zero-order valence-electron chi connectivity index (χ0n) is 13.2. The van der Waals surface area contributed by atoms with Gasteiger partial charge in [0.2, 0.25) is 0 Å². The quantitative estimate of drug-likeness (QED) is 0.792. The summed E-state index contributed by atoms with van der Waals surface area (Å²) >= 11 is 0. The fraction of sp³-hybridized carbons (Fsp3) is 0.278. The van der Waals surface area contributed by atoms with E-state index in [-0.39, 0.29) is 5.92 Å². The summed E-state index contributed by atoms with van der Waals surface area (Å²) in [5.74, 6) is -0.762. The Morgan fingerprint density at radius 1 is 1.04 bits per heavy atom. The van der Waals surface area contributed by atoms with Crippen molar-refractivity contribution in [2.45, 2.75) is 32.9 Å². The summed E-state index contributed by atoms with van der Waals surface area (Å²) in [6.45, 7) is 5.08. The van der Waals surface area contributed by atoms with Gasteiger partial charge in [0.15, 0.2) is 11.6 Å². The van der Waals surface area contributed by atoms with Gasteiger partial charge < -0.3 is 10.3 Å². The number of hydrogen-bond donors (Lipinski definition) is 1. The lowest BCUT2D eigenvalue weighted by Gasteiger charge is -2.12. The highest BCUT2D eigenvalue weighted by atomic mass is 19.2. The summed E-state index contributed by atoms with van der Waals surface area (Å²) in [5.41, 5.74) is 8.82. The summed E-state index contributed by atoms with van der Waals surface area (Å²) < 4.78 is 29.1. The molecule has 1 heterocycles. The normalized spacial score (nSPS) is 11.6. The van der Waals surface area contributed by atoms with Crippen LogP contribution in [0.4, 0.5) is 8.78 Å². The van der Waals surface area contributed by atoms with E-state index in [1.54, 1.807) is 0 Å². The maximum Gasteiger partial charge on any atom is 0.161 e. The van der Waals surface area contributed by atoms with Gasteiger partial charge in [0.05, 0.1) is 11.0 Å². The Morgan fingerprint density at radius 2 is 1.65 bits per heavy atom. The van der Waals surface area contributed by atoms with Crippen LogP contribution < -0.4 is 5.73 Å². The Bertz CT molecular complexity index is 836. The maximum atomic E-state index is 13.6. The molecule has 0 bridgehead atoms. The molecule has 2 N–H and O–H groups in total. The van der Waals surface area contributed by atoms with Crippen LogP contribution in [0.1, 0.15) is 36.7 Å². The van der Waals surface area contributed by atoms with Crippen LogP contribution in [0.25, 0.3) is 11.0 Å². The van der Waals surface area contributed by atoms with E-state index in [1.165, 1.54) is 6.07 Å². The molecule has 0 unspecified atom stereocenters. The lowest BCUT2D eigenvalue weighted by Crippen LogP contribution is -2.07. The summed E-state index contributed by atoms with van der Waals surface area (Å²) in [4.78, 5) is 4.48. The van der Waals surface area contributed by atoms with E-state index < -0.39 is 11.6 Å². The highest BCUT2D eigenvalue weighted by Gasteiger charge is 2.16. The van der Waals surface area contributed by atoms with Gasteiger partial charge in [-0.25, -0.2) is 13.8 Å². The number of imidazole rings is 1. The average molecular weight is 315 g/mol. The second-order valence-electron chi connectivity index (χ2n) is 5.99. The molecule has 3 aromatic rings. The van der Waals surface area contributed by atoms with Crippen LogP contribution in [0, 0.1) is 11.6 Å². The van der Waals surface area contributed by atoms with Gasteiger partial charge in [0, 0.05) is 31.1 Å². The maximum absolute atomic E-state index is 13.6. The summed E-state index contributed by atoms with van der Waals surface area (Å²) in [6, 6.07) is 10.3. The molecule has 1 aromatic heterocycles. The second kappa shape index (κ2) is 6.08. The molecule has 0 saturated heterocycles. The fourth-order valence-electron chi connectivity index (χ4n) is 2.71. The number of hydrogen-bond acceptors (Lipinski definition) is 2. The molecule has 0 spiro atoms. The Kier molecular flexibility index (Phi) is 4.13. The molecule has 5 heteroatoms. The smallest absolute Gasteiger partial charge is 0.161 e. The van der Waals surface area contributed by atoms with Crippen molar-refractivity contribution >= 4 is 11.0 Å². The van der Waals surface area contributed by atoms with Gasteiger partial charge in [-0.05, 0) is 11.1 Å². The standard InChI is InChI=1S/C18H19F2N3/c1-11(2)18-22-16-7-14(19)15(20)8-17(16)23(18)10-13-5-3-12(9-21)4-6-13/h3-8,11H,9-10,21H2,1-2H3. The third-order valence-corrected chi connectivity index (χ3v) is 3.94. The van der Waals surface area contributed by atoms with Crippen molar-refractivity contribution in [1.82, 2.24) is 9.55 Å². The van der Waals surface area contributed by atoms with Crippen molar-refractivity contribution in [2.75, 3.05) is 0 Å². The van der Waals surface area contributed by atoms with Crippen molar-refractivity contribution in [2.24, 2.45) is 5.73 Å². The Labute approximate surface area is 133 Å². The van der Waals surface area contributed by atoms with E-state index in [2.05, 4.69) is 4.98 Å². The van der Waals surface area contributed by atoms with E-state index in [0.717, 1.165) is 23.0 Å². The van der Waals surface area contributed by atoms with E-state index in [4.69, 9.17) is 5.73 Å². The van der Waals surface area contributed by atoms with Crippen molar-refractivity contribution < 1.29 is 8.78 Å². The highest BCUT2D eigenvalue weighted by Crippen LogP contribution is 2.25. The molecule has 0 radical (unpaired) electrons. The van der Waals surface area contributed by atoms with Crippen LogP contribution in [-0.4, -0.2) is 9.55 Å². The molecule has 0 amide bonds. The molecule has 23 heavy (non-hydrogen) atoms. The Morgan fingerprint density at radius 3 is 2.26 bits per heavy atom. The van der Waals surface area contributed by atoms with Crippen LogP contribution in [-0.2, 0) is 13.1 Å². The van der Waals surface area contributed by atoms with Crippen LogP contribution >= 0.6 is 0 Å². The summed E-state index contributed by atoms with van der Waals surface area (Å²) in [5, 5.41) is 0. The molecule has 0 aliphatic rings. The number of aromatic nitrogens is 2. The van der Waals surface area contributed by atoms with Gasteiger partial charge >= 0.3 is 0 Å². The third kappa shape index (κ3) is 2.97. The number of fused-ring (bicyclic) bond motifs is 1. The first-order valence-corrected chi connectivity index (χ1v) is 7.62. The highest BCUT2D eigenvalue weighted by molar-refractivity contribution is 5.76. The van der Waals surface area contributed by atoms with Gasteiger partial charge in [-0.3, -0.25) is 0 Å². The molecule has 2 aromatic carbocycles. The third-order valence-electron chi connectivity index (χ3n) is 3.94. The number of rotatable bonds is 4. The van der Waals surface area contributed by atoms with Gasteiger partial charge in [0.25, 0.3) is 0 Å². The van der Waals surface area contributed by atoms with Gasteiger partial charge in [-0.1, -0.05) is 38.1 Å². The Balaban J connectivity index is 2.09. The van der Waals surface area contributed by atoms with Gasteiger partial charge in [-0.15, -0.1) is 0 Å². The topological polar surface area (TPSA) is 43.8 Å². The molecule has 0 atom stereocenters. The zero-order valence-corrected chi connectivity index (χ0v) is 13.2. The van der Waals surface area contributed by atoms with Crippen LogP contribution in [0.2, 0.25) is 0 Å². The van der Waals surface area contributed by atoms with Crippen LogP contribution in [0.5, 0.6) is 0 Å². The first-order valence-electron chi connectivity index (χ1n) is 7.62. The minimum Gasteiger partial charge on any atom is -0.326 e. The molecule has 3 rings (SSSR count). The lowest BCUT2D eigenvalue weighted by atomic mass is 10.1. The van der Waals surface area contributed by atoms with Crippen molar-refractivity contribution in [1.29, 1.82) is 0 Å². The van der Waals surface area contributed by atoms with E-state index in [1.807, 2.05) is 42.7 Å². The van der Waals surface area contributed by atoms with Crippen LogP contribution in [0.3, 0.4) is 0 Å². The van der Waals surface area contributed by atoms with Crippen molar-refractivity contribution in [3.05, 3.63) is 65.0 Å². The molecular weight excluding hydrogens is 296 g/mol. The van der Waals surface area contributed by atoms with Crippen LogP contribution in [0.15, 0.2) is 36.4 Å². The number of nitrogens with zero attached hydrogens (tertiary/aromatic N) is 2. The first-order chi connectivity index (χ1) is 11.0. The van der Waals surface area contributed by atoms with Gasteiger partial charge in [0.1, 0.15) is 5.82 Å². The predicted molar refractivity (Wildman–Crippen MR) is 87.2 cm³/mol. The molecule has 0 aliphatic carbocycles. The molecule has 0 saturated carbocycles. The second-order valence-corrected chi connectivity index (χ2v) is 5.99. The van der Waals surface area contributed by atoms with E-state index in [0.29, 0.717) is 24.1 Å². The fourth-order valence-corrected chi connectivity index (χ4v) is 2.71. The monoisotopic (exact) mass is 315 g/mol. The van der Waals surface area contributed by atoms with E-state index in [9.17, 15) is 8.78 Å². The lowest BCUT2D eigenvalue weighted by molar-refractivity contribution is 0.510. The molecule has 0 aliphatic heterocycles. The minimum atomic E-state index is -0.871. The molecule has 120 valence electrons. The van der Waals surface area contributed by atoms with Crippen molar-refractivity contribution in [3.8, 4) is 0 Å². The summed E-state index contributed by atoms with van der Waals surface area (Å²) in [6.07, 6.45) is 0. The predicted octanol–water partition coefficient (Wildman–Crippen LogP) is 3.94. The number of benzene rings is 2. The number of halogens is 2. The SMILES string of the molecule is CC(C)c1nc2cc(F)c(F)cc2n1Cc1ccc(CN)cc1. The molecule has 0 fully saturated rings.